The first-order chi connectivity index (χ1) is 13.8. The molecule has 2 heterocycles. The lowest BCUT2D eigenvalue weighted by atomic mass is 10.3. The average Bonchev–Trinajstić information content (AvgIpc) is 3.40. The van der Waals surface area contributed by atoms with Crippen molar-refractivity contribution in [2.24, 2.45) is 10.2 Å². The van der Waals surface area contributed by atoms with Crippen LogP contribution in [0.5, 0.6) is 0 Å². The molecule has 9 heteroatoms. The van der Waals surface area contributed by atoms with Gasteiger partial charge in [-0.15, -0.1) is 10.2 Å². The molecular formula is C19H15N7OS. The molecule has 8 nitrogen and oxygen atoms in total. The number of hydrogen-bond donors (Lipinski definition) is 1. The molecule has 0 bridgehead atoms. The van der Waals surface area contributed by atoms with Gasteiger partial charge in [0, 0.05) is 16.6 Å². The Morgan fingerprint density at radius 3 is 2.46 bits per heavy atom. The SMILES string of the molecule is O=C(Cn1nnc(-c2ccsc2)n1)Nc1ccc(N=Nc2ccccc2)cc1. The second-order valence-electron chi connectivity index (χ2n) is 5.79. The van der Waals surface area contributed by atoms with Gasteiger partial charge in [-0.1, -0.05) is 18.2 Å². The number of aromatic nitrogens is 4. The quantitative estimate of drug-likeness (QED) is 0.492. The van der Waals surface area contributed by atoms with Crippen LogP contribution in [0.3, 0.4) is 0 Å². The molecule has 0 saturated carbocycles. The van der Waals surface area contributed by atoms with E-state index in [0.29, 0.717) is 17.2 Å². The van der Waals surface area contributed by atoms with Gasteiger partial charge in [-0.3, -0.25) is 4.79 Å². The summed E-state index contributed by atoms with van der Waals surface area (Å²) in [7, 11) is 0. The van der Waals surface area contributed by atoms with Crippen molar-refractivity contribution in [2.75, 3.05) is 5.32 Å². The van der Waals surface area contributed by atoms with Gasteiger partial charge in [-0.2, -0.15) is 26.4 Å². The van der Waals surface area contributed by atoms with Crippen LogP contribution in [-0.4, -0.2) is 26.1 Å². The fourth-order valence-electron chi connectivity index (χ4n) is 2.37. The third-order valence-electron chi connectivity index (χ3n) is 3.71. The molecule has 0 unspecified atom stereocenters. The molecule has 0 aliphatic carbocycles. The predicted octanol–water partition coefficient (Wildman–Crippen LogP) is 4.46. The molecule has 4 rings (SSSR count). The van der Waals surface area contributed by atoms with Gasteiger partial charge in [0.25, 0.3) is 0 Å². The van der Waals surface area contributed by atoms with Crippen molar-refractivity contribution >= 4 is 34.3 Å². The maximum absolute atomic E-state index is 12.2. The largest absolute Gasteiger partial charge is 0.324 e. The summed E-state index contributed by atoms with van der Waals surface area (Å²) in [6, 6.07) is 18.5. The molecule has 0 aliphatic heterocycles. The number of nitrogens with one attached hydrogen (secondary N) is 1. The number of carbonyl (C=O) groups excluding carboxylic acids is 1. The molecule has 0 fully saturated rings. The van der Waals surface area contributed by atoms with E-state index in [1.54, 1.807) is 35.6 Å². The van der Waals surface area contributed by atoms with Gasteiger partial charge in [0.2, 0.25) is 11.7 Å². The van der Waals surface area contributed by atoms with Gasteiger partial charge < -0.3 is 5.32 Å². The molecule has 0 aliphatic rings. The van der Waals surface area contributed by atoms with Crippen LogP contribution in [0.2, 0.25) is 0 Å². The second kappa shape index (κ2) is 8.31. The number of thiophene rings is 1. The highest BCUT2D eigenvalue weighted by atomic mass is 32.1. The highest BCUT2D eigenvalue weighted by molar-refractivity contribution is 7.08. The third kappa shape index (κ3) is 4.51. The van der Waals surface area contributed by atoms with Crippen LogP contribution in [-0.2, 0) is 11.3 Å². The zero-order chi connectivity index (χ0) is 19.2. The fourth-order valence-corrected chi connectivity index (χ4v) is 3.00. The van der Waals surface area contributed by atoms with Crippen LogP contribution in [0.15, 0.2) is 81.7 Å². The van der Waals surface area contributed by atoms with E-state index in [1.165, 1.54) is 4.80 Å². The van der Waals surface area contributed by atoms with E-state index in [0.717, 1.165) is 11.3 Å². The summed E-state index contributed by atoms with van der Waals surface area (Å²) in [5.41, 5.74) is 3.01. The molecule has 4 aromatic rings. The van der Waals surface area contributed by atoms with Crippen LogP contribution in [0.25, 0.3) is 11.4 Å². The normalized spacial score (nSPS) is 11.0. The molecule has 1 N–H and O–H groups in total. The molecule has 138 valence electrons. The summed E-state index contributed by atoms with van der Waals surface area (Å²) < 4.78 is 0. The van der Waals surface area contributed by atoms with Crippen LogP contribution in [0.1, 0.15) is 0 Å². The van der Waals surface area contributed by atoms with Crippen molar-refractivity contribution < 1.29 is 4.79 Å². The van der Waals surface area contributed by atoms with Gasteiger partial charge in [-0.05, 0) is 53.1 Å². The zero-order valence-corrected chi connectivity index (χ0v) is 15.5. The van der Waals surface area contributed by atoms with E-state index >= 15 is 0 Å². The van der Waals surface area contributed by atoms with Gasteiger partial charge in [0.05, 0.1) is 11.4 Å². The minimum atomic E-state index is -0.243. The Labute approximate surface area is 164 Å². The average molecular weight is 389 g/mol. The smallest absolute Gasteiger partial charge is 0.248 e. The Balaban J connectivity index is 1.34. The Kier molecular flexibility index (Phi) is 5.25. The number of hydrogen-bond acceptors (Lipinski definition) is 7. The number of tetrazole rings is 1. The van der Waals surface area contributed by atoms with Crippen LogP contribution < -0.4 is 5.32 Å². The lowest BCUT2D eigenvalue weighted by Crippen LogP contribution is -2.20. The molecule has 28 heavy (non-hydrogen) atoms. The monoisotopic (exact) mass is 389 g/mol. The molecular weight excluding hydrogens is 374 g/mol. The first kappa shape index (κ1) is 17.7. The van der Waals surface area contributed by atoms with Crippen molar-refractivity contribution in [1.82, 2.24) is 20.2 Å². The summed E-state index contributed by atoms with van der Waals surface area (Å²) in [4.78, 5) is 13.5. The van der Waals surface area contributed by atoms with Gasteiger partial charge >= 0.3 is 0 Å². The number of carbonyl (C=O) groups is 1. The number of azo groups is 1. The molecule has 0 spiro atoms. The number of nitrogens with zero attached hydrogens (tertiary/aromatic N) is 6. The van der Waals surface area contributed by atoms with E-state index in [4.69, 9.17) is 0 Å². The molecule has 2 aromatic carbocycles. The molecule has 0 radical (unpaired) electrons. The lowest BCUT2D eigenvalue weighted by Gasteiger charge is -2.04. The van der Waals surface area contributed by atoms with Crippen molar-refractivity contribution in [2.45, 2.75) is 6.54 Å². The Morgan fingerprint density at radius 2 is 1.75 bits per heavy atom. The minimum absolute atomic E-state index is 0.0212. The summed E-state index contributed by atoms with van der Waals surface area (Å²) >= 11 is 1.55. The zero-order valence-electron chi connectivity index (χ0n) is 14.6. The Bertz CT molecular complexity index is 1070. The fraction of sp³-hybridized carbons (Fsp3) is 0.0526. The maximum atomic E-state index is 12.2. The Hall–Kier alpha value is -3.72. The highest BCUT2D eigenvalue weighted by Crippen LogP contribution is 2.20. The van der Waals surface area contributed by atoms with Crippen molar-refractivity contribution in [1.29, 1.82) is 0 Å². The van der Waals surface area contributed by atoms with Gasteiger partial charge in [0.15, 0.2) is 0 Å². The second-order valence-corrected chi connectivity index (χ2v) is 6.57. The van der Waals surface area contributed by atoms with Crippen molar-refractivity contribution in [3.63, 3.8) is 0 Å². The number of anilines is 1. The minimum Gasteiger partial charge on any atom is -0.324 e. The van der Waals surface area contributed by atoms with Crippen molar-refractivity contribution in [3.8, 4) is 11.4 Å². The van der Waals surface area contributed by atoms with E-state index in [2.05, 4.69) is 31.0 Å². The van der Waals surface area contributed by atoms with Gasteiger partial charge in [0.1, 0.15) is 6.54 Å². The number of benzene rings is 2. The van der Waals surface area contributed by atoms with Crippen molar-refractivity contribution in [3.05, 3.63) is 71.4 Å². The first-order valence-corrected chi connectivity index (χ1v) is 9.38. The third-order valence-corrected chi connectivity index (χ3v) is 4.39. The number of amides is 1. The predicted molar refractivity (Wildman–Crippen MR) is 107 cm³/mol. The summed E-state index contributed by atoms with van der Waals surface area (Å²) in [5.74, 6) is 0.259. The molecule has 0 saturated heterocycles. The topological polar surface area (TPSA) is 97.4 Å². The summed E-state index contributed by atoms with van der Waals surface area (Å²) in [6.45, 7) is -0.0212. The van der Waals surface area contributed by atoms with E-state index in [1.807, 2.05) is 47.2 Å². The first-order valence-electron chi connectivity index (χ1n) is 8.43. The highest BCUT2D eigenvalue weighted by Gasteiger charge is 2.09. The van der Waals surface area contributed by atoms with Crippen LogP contribution in [0.4, 0.5) is 17.1 Å². The molecule has 1 amide bonds. The summed E-state index contributed by atoms with van der Waals surface area (Å²) in [5, 5.41) is 27.1. The standard InChI is InChI=1S/C19H15N7OS/c27-18(12-26-24-19(23-25-26)14-10-11-28-13-14)20-15-6-8-17(9-7-15)22-21-16-4-2-1-3-5-16/h1-11,13H,12H2,(H,20,27). The van der Waals surface area contributed by atoms with E-state index in [9.17, 15) is 4.79 Å². The van der Waals surface area contributed by atoms with E-state index < -0.39 is 0 Å². The van der Waals surface area contributed by atoms with Gasteiger partial charge in [-0.25, -0.2) is 0 Å². The lowest BCUT2D eigenvalue weighted by molar-refractivity contribution is -0.117. The Morgan fingerprint density at radius 1 is 1.00 bits per heavy atom. The maximum Gasteiger partial charge on any atom is 0.248 e. The van der Waals surface area contributed by atoms with E-state index in [-0.39, 0.29) is 12.5 Å². The molecule has 0 atom stereocenters. The number of rotatable bonds is 6. The van der Waals surface area contributed by atoms with Crippen LogP contribution >= 0.6 is 11.3 Å². The molecule has 2 aromatic heterocycles. The van der Waals surface area contributed by atoms with Crippen LogP contribution in [0, 0.1) is 0 Å². The summed E-state index contributed by atoms with van der Waals surface area (Å²) in [6.07, 6.45) is 0.